The summed E-state index contributed by atoms with van der Waals surface area (Å²) >= 11 is 12.9. The van der Waals surface area contributed by atoms with E-state index in [1.807, 2.05) is 62.4 Å². The summed E-state index contributed by atoms with van der Waals surface area (Å²) < 4.78 is 5.72. The zero-order valence-electron chi connectivity index (χ0n) is 19.2. The van der Waals surface area contributed by atoms with Crippen molar-refractivity contribution in [3.05, 3.63) is 100 Å². The molecule has 0 aliphatic carbocycles. The molecule has 3 rings (SSSR count). The van der Waals surface area contributed by atoms with E-state index < -0.39 is 6.04 Å². The number of nitrogens with one attached hydrogen (secondary N) is 1. The largest absolute Gasteiger partial charge is 0.484 e. The quantitative estimate of drug-likeness (QED) is 0.399. The van der Waals surface area contributed by atoms with E-state index in [1.165, 1.54) is 4.90 Å². The molecule has 0 saturated heterocycles. The number of para-hydroxylation sites is 1. The first-order valence-corrected chi connectivity index (χ1v) is 11.8. The van der Waals surface area contributed by atoms with Crippen LogP contribution >= 0.6 is 23.2 Å². The highest BCUT2D eigenvalue weighted by Gasteiger charge is 2.32. The minimum Gasteiger partial charge on any atom is -0.484 e. The number of rotatable bonds is 10. The summed E-state index contributed by atoms with van der Waals surface area (Å²) in [7, 11) is 0. The summed E-state index contributed by atoms with van der Waals surface area (Å²) in [4.78, 5) is 28.3. The average molecular weight is 499 g/mol. The lowest BCUT2D eigenvalue weighted by molar-refractivity contribution is -0.143. The van der Waals surface area contributed by atoms with Gasteiger partial charge in [0.05, 0.1) is 0 Å². The standard InChI is InChI=1S/C27H28Cl2N2O3/c1-19(2)30-27(33)25(16-20-10-5-3-6-11-20)31(17-22-23(28)14-9-15-24(22)29)26(32)18-34-21-12-7-4-8-13-21/h3-15,19,25H,16-18H2,1-2H3,(H,30,33). The molecule has 7 heteroatoms. The molecule has 0 bridgehead atoms. The Labute approximate surface area is 210 Å². The molecule has 0 aliphatic rings. The first kappa shape index (κ1) is 25.6. The maximum atomic E-state index is 13.5. The number of hydrogen-bond donors (Lipinski definition) is 1. The molecule has 1 unspecified atom stereocenters. The second kappa shape index (κ2) is 12.4. The Bertz CT molecular complexity index is 1070. The third-order valence-corrected chi connectivity index (χ3v) is 5.91. The minimum atomic E-state index is -0.788. The Morgan fingerprint density at radius 1 is 0.882 bits per heavy atom. The molecule has 0 aromatic heterocycles. The molecule has 0 fully saturated rings. The van der Waals surface area contributed by atoms with Crippen molar-refractivity contribution in [2.45, 2.75) is 38.9 Å². The van der Waals surface area contributed by atoms with Gasteiger partial charge in [0.1, 0.15) is 11.8 Å². The summed E-state index contributed by atoms with van der Waals surface area (Å²) in [6, 6.07) is 22.9. The number of amides is 2. The predicted molar refractivity (Wildman–Crippen MR) is 136 cm³/mol. The van der Waals surface area contributed by atoms with E-state index in [4.69, 9.17) is 27.9 Å². The molecule has 0 heterocycles. The lowest BCUT2D eigenvalue weighted by atomic mass is 10.0. The normalized spacial score (nSPS) is 11.7. The van der Waals surface area contributed by atoms with Crippen LogP contribution in [0.25, 0.3) is 0 Å². The van der Waals surface area contributed by atoms with Gasteiger partial charge in [0.25, 0.3) is 5.91 Å². The Kier molecular flexibility index (Phi) is 9.37. The van der Waals surface area contributed by atoms with E-state index in [2.05, 4.69) is 5.32 Å². The van der Waals surface area contributed by atoms with Crippen LogP contribution in [-0.4, -0.2) is 35.4 Å². The van der Waals surface area contributed by atoms with Crippen LogP contribution in [0.1, 0.15) is 25.0 Å². The monoisotopic (exact) mass is 498 g/mol. The van der Waals surface area contributed by atoms with E-state index in [0.29, 0.717) is 27.8 Å². The number of halogens is 2. The van der Waals surface area contributed by atoms with Crippen molar-refractivity contribution in [2.75, 3.05) is 6.61 Å². The van der Waals surface area contributed by atoms with Gasteiger partial charge in [-0.15, -0.1) is 0 Å². The molecule has 3 aromatic rings. The van der Waals surface area contributed by atoms with Crippen molar-refractivity contribution in [2.24, 2.45) is 0 Å². The molecule has 1 atom stereocenters. The van der Waals surface area contributed by atoms with Gasteiger partial charge in [0.15, 0.2) is 6.61 Å². The lowest BCUT2D eigenvalue weighted by Crippen LogP contribution is -2.52. The second-order valence-electron chi connectivity index (χ2n) is 8.19. The van der Waals surface area contributed by atoms with Gasteiger partial charge in [-0.3, -0.25) is 9.59 Å². The van der Waals surface area contributed by atoms with Gasteiger partial charge in [0, 0.05) is 34.6 Å². The minimum absolute atomic E-state index is 0.0680. The van der Waals surface area contributed by atoms with Crippen LogP contribution in [0.15, 0.2) is 78.9 Å². The topological polar surface area (TPSA) is 58.6 Å². The fraction of sp³-hybridized carbons (Fsp3) is 0.259. The van der Waals surface area contributed by atoms with Crippen LogP contribution in [0.2, 0.25) is 10.0 Å². The van der Waals surface area contributed by atoms with Crippen molar-refractivity contribution < 1.29 is 14.3 Å². The number of carbonyl (C=O) groups excluding carboxylic acids is 2. The molecule has 5 nitrogen and oxygen atoms in total. The summed E-state index contributed by atoms with van der Waals surface area (Å²) in [5.74, 6) is -0.0346. The second-order valence-corrected chi connectivity index (χ2v) is 9.01. The van der Waals surface area contributed by atoms with Gasteiger partial charge in [-0.05, 0) is 43.7 Å². The molecular weight excluding hydrogens is 471 g/mol. The van der Waals surface area contributed by atoms with E-state index >= 15 is 0 Å². The molecule has 1 N–H and O–H groups in total. The summed E-state index contributed by atoms with van der Waals surface area (Å²) in [5.41, 5.74) is 1.51. The molecule has 34 heavy (non-hydrogen) atoms. The van der Waals surface area contributed by atoms with Crippen LogP contribution in [0.3, 0.4) is 0 Å². The van der Waals surface area contributed by atoms with Crippen LogP contribution in [-0.2, 0) is 22.6 Å². The average Bonchev–Trinajstić information content (AvgIpc) is 2.82. The Morgan fingerprint density at radius 2 is 1.47 bits per heavy atom. The number of hydrogen-bond acceptors (Lipinski definition) is 3. The van der Waals surface area contributed by atoms with Crippen LogP contribution in [0.4, 0.5) is 0 Å². The Balaban J connectivity index is 1.95. The number of nitrogens with zero attached hydrogens (tertiary/aromatic N) is 1. The highest BCUT2D eigenvalue weighted by Crippen LogP contribution is 2.27. The van der Waals surface area contributed by atoms with E-state index in [1.54, 1.807) is 30.3 Å². The van der Waals surface area contributed by atoms with Gasteiger partial charge in [-0.25, -0.2) is 0 Å². The van der Waals surface area contributed by atoms with Crippen molar-refractivity contribution in [1.29, 1.82) is 0 Å². The molecule has 0 spiro atoms. The highest BCUT2D eigenvalue weighted by molar-refractivity contribution is 6.36. The molecule has 2 amide bonds. The van der Waals surface area contributed by atoms with Gasteiger partial charge >= 0.3 is 0 Å². The SMILES string of the molecule is CC(C)NC(=O)C(Cc1ccccc1)N(Cc1c(Cl)cccc1Cl)C(=O)COc1ccccc1. The van der Waals surface area contributed by atoms with Gasteiger partial charge in [-0.2, -0.15) is 0 Å². The van der Waals surface area contributed by atoms with E-state index in [0.717, 1.165) is 5.56 Å². The summed E-state index contributed by atoms with van der Waals surface area (Å²) in [6.07, 6.45) is 0.332. The van der Waals surface area contributed by atoms with Crippen LogP contribution in [0, 0.1) is 0 Å². The van der Waals surface area contributed by atoms with Crippen molar-refractivity contribution in [3.8, 4) is 5.75 Å². The van der Waals surface area contributed by atoms with Crippen molar-refractivity contribution in [3.63, 3.8) is 0 Å². The number of benzene rings is 3. The van der Waals surface area contributed by atoms with Crippen molar-refractivity contribution in [1.82, 2.24) is 10.2 Å². The molecule has 3 aromatic carbocycles. The molecule has 178 valence electrons. The first-order valence-electron chi connectivity index (χ1n) is 11.1. The third-order valence-electron chi connectivity index (χ3n) is 5.20. The highest BCUT2D eigenvalue weighted by atomic mass is 35.5. The molecule has 0 saturated carbocycles. The summed E-state index contributed by atoms with van der Waals surface area (Å²) in [6.45, 7) is 3.60. The fourth-order valence-electron chi connectivity index (χ4n) is 3.53. The van der Waals surface area contributed by atoms with E-state index in [-0.39, 0.29) is 31.0 Å². The molecule has 0 radical (unpaired) electrons. The maximum Gasteiger partial charge on any atom is 0.261 e. The van der Waals surface area contributed by atoms with Gasteiger partial charge in [0.2, 0.25) is 5.91 Å². The predicted octanol–water partition coefficient (Wildman–Crippen LogP) is 5.54. The first-order chi connectivity index (χ1) is 16.3. The summed E-state index contributed by atoms with van der Waals surface area (Å²) in [5, 5.41) is 3.80. The smallest absolute Gasteiger partial charge is 0.261 e. The third kappa shape index (κ3) is 7.24. The fourth-order valence-corrected chi connectivity index (χ4v) is 4.05. The number of ether oxygens (including phenoxy) is 1. The number of carbonyl (C=O) groups is 2. The molecular formula is C27H28Cl2N2O3. The zero-order valence-corrected chi connectivity index (χ0v) is 20.7. The van der Waals surface area contributed by atoms with E-state index in [9.17, 15) is 9.59 Å². The van der Waals surface area contributed by atoms with Gasteiger partial charge < -0.3 is 15.0 Å². The maximum absolute atomic E-state index is 13.5. The molecule has 0 aliphatic heterocycles. The van der Waals surface area contributed by atoms with Crippen LogP contribution in [0.5, 0.6) is 5.75 Å². The lowest BCUT2D eigenvalue weighted by Gasteiger charge is -2.32. The Morgan fingerprint density at radius 3 is 2.06 bits per heavy atom. The van der Waals surface area contributed by atoms with Crippen molar-refractivity contribution >= 4 is 35.0 Å². The van der Waals surface area contributed by atoms with Crippen LogP contribution < -0.4 is 10.1 Å². The van der Waals surface area contributed by atoms with Gasteiger partial charge in [-0.1, -0.05) is 77.8 Å². The Hall–Kier alpha value is -3.02. The zero-order chi connectivity index (χ0) is 24.5.